The minimum atomic E-state index is -0.462. The Hall–Kier alpha value is -3.02. The van der Waals surface area contributed by atoms with Crippen LogP contribution in [0, 0.1) is 11.6 Å². The average Bonchev–Trinajstić information content (AvgIpc) is 3.07. The third kappa shape index (κ3) is 3.84. The highest BCUT2D eigenvalue weighted by molar-refractivity contribution is 5.90. The van der Waals surface area contributed by atoms with Gasteiger partial charge in [-0.25, -0.2) is 13.8 Å². The molecule has 1 heterocycles. The molecule has 0 spiro atoms. The molecule has 0 aliphatic carbocycles. The van der Waals surface area contributed by atoms with Crippen LogP contribution >= 0.6 is 0 Å². The van der Waals surface area contributed by atoms with Gasteiger partial charge in [0.1, 0.15) is 11.6 Å². The number of aryl methyl sites for hydroxylation is 1. The van der Waals surface area contributed by atoms with Crippen LogP contribution in [0.4, 0.5) is 14.5 Å². The van der Waals surface area contributed by atoms with E-state index in [-0.39, 0.29) is 18.1 Å². The highest BCUT2D eigenvalue weighted by atomic mass is 19.1. The number of rotatable bonds is 5. The molecule has 0 aliphatic rings. The topological polar surface area (TPSA) is 46.9 Å². The Balaban J connectivity index is 1.61. The first kappa shape index (κ1) is 15.9. The van der Waals surface area contributed by atoms with Gasteiger partial charge in [-0.05, 0) is 42.3 Å². The molecule has 1 aromatic heterocycles. The zero-order chi connectivity index (χ0) is 16.9. The maximum absolute atomic E-state index is 14.1. The predicted octanol–water partition coefficient (Wildman–Crippen LogP) is 3.72. The summed E-state index contributed by atoms with van der Waals surface area (Å²) in [5, 5.41) is 2.64. The van der Waals surface area contributed by atoms with E-state index < -0.39 is 5.82 Å². The normalized spacial score (nSPS) is 10.6. The molecular weight excluding hydrogens is 312 g/mol. The summed E-state index contributed by atoms with van der Waals surface area (Å²) < 4.78 is 28.8. The van der Waals surface area contributed by atoms with Crippen LogP contribution in [-0.4, -0.2) is 15.5 Å². The minimum absolute atomic E-state index is 0.189. The maximum Gasteiger partial charge on any atom is 0.224 e. The summed E-state index contributed by atoms with van der Waals surface area (Å²) in [5.41, 5.74) is 1.47. The molecule has 3 rings (SSSR count). The molecule has 3 aromatic rings. The highest BCUT2D eigenvalue weighted by Crippen LogP contribution is 2.18. The Kier molecular flexibility index (Phi) is 4.65. The van der Waals surface area contributed by atoms with E-state index in [0.717, 1.165) is 5.56 Å². The summed E-state index contributed by atoms with van der Waals surface area (Å²) >= 11 is 0. The van der Waals surface area contributed by atoms with Crippen molar-refractivity contribution in [2.24, 2.45) is 0 Å². The first-order valence-electron chi connectivity index (χ1n) is 7.44. The van der Waals surface area contributed by atoms with Crippen molar-refractivity contribution in [1.82, 2.24) is 9.55 Å². The maximum atomic E-state index is 14.1. The van der Waals surface area contributed by atoms with E-state index in [4.69, 9.17) is 0 Å². The van der Waals surface area contributed by atoms with Crippen molar-refractivity contribution in [3.05, 3.63) is 78.4 Å². The molecule has 0 saturated carbocycles. The van der Waals surface area contributed by atoms with Crippen molar-refractivity contribution < 1.29 is 13.6 Å². The monoisotopic (exact) mass is 327 g/mol. The smallest absolute Gasteiger partial charge is 0.224 e. The first-order valence-corrected chi connectivity index (χ1v) is 7.44. The van der Waals surface area contributed by atoms with Crippen LogP contribution in [0.3, 0.4) is 0 Å². The number of imidazole rings is 1. The van der Waals surface area contributed by atoms with Crippen molar-refractivity contribution in [1.29, 1.82) is 0 Å². The Morgan fingerprint density at radius 1 is 1.17 bits per heavy atom. The lowest BCUT2D eigenvalue weighted by molar-refractivity contribution is -0.116. The molecule has 2 aromatic carbocycles. The number of carbonyl (C=O) groups is 1. The average molecular weight is 327 g/mol. The van der Waals surface area contributed by atoms with Gasteiger partial charge in [0, 0.05) is 24.5 Å². The second-order valence-electron chi connectivity index (χ2n) is 5.31. The van der Waals surface area contributed by atoms with Gasteiger partial charge in [0.25, 0.3) is 0 Å². The number of nitrogens with zero attached hydrogens (tertiary/aromatic N) is 2. The van der Waals surface area contributed by atoms with Crippen LogP contribution < -0.4 is 5.32 Å². The molecule has 24 heavy (non-hydrogen) atoms. The second kappa shape index (κ2) is 7.04. The molecule has 0 unspecified atom stereocenters. The number of benzene rings is 2. The third-order valence-electron chi connectivity index (χ3n) is 3.54. The summed E-state index contributed by atoms with van der Waals surface area (Å²) in [6.45, 7) is 0. The number of carbonyl (C=O) groups excluding carboxylic acids is 1. The molecule has 0 aliphatic heterocycles. The highest BCUT2D eigenvalue weighted by Gasteiger charge is 2.08. The van der Waals surface area contributed by atoms with Crippen LogP contribution in [0.2, 0.25) is 0 Å². The quantitative estimate of drug-likeness (QED) is 0.776. The van der Waals surface area contributed by atoms with Gasteiger partial charge < -0.3 is 9.88 Å². The molecule has 0 atom stereocenters. The van der Waals surface area contributed by atoms with Crippen molar-refractivity contribution >= 4 is 11.6 Å². The fraction of sp³-hybridized carbons (Fsp3) is 0.111. The lowest BCUT2D eigenvalue weighted by Gasteiger charge is -2.08. The van der Waals surface area contributed by atoms with E-state index in [1.807, 2.05) is 0 Å². The van der Waals surface area contributed by atoms with Crippen molar-refractivity contribution in [2.75, 3.05) is 5.32 Å². The summed E-state index contributed by atoms with van der Waals surface area (Å²) in [4.78, 5) is 15.8. The molecule has 0 radical (unpaired) electrons. The van der Waals surface area contributed by atoms with Crippen LogP contribution in [0.25, 0.3) is 5.69 Å². The largest absolute Gasteiger partial charge is 0.326 e. The van der Waals surface area contributed by atoms with Gasteiger partial charge in [0.2, 0.25) is 5.91 Å². The number of nitrogens with one attached hydrogen (secondary N) is 1. The fourth-order valence-electron chi connectivity index (χ4n) is 2.37. The Bertz CT molecular complexity index is 847. The van der Waals surface area contributed by atoms with E-state index in [9.17, 15) is 13.6 Å². The van der Waals surface area contributed by atoms with E-state index in [2.05, 4.69) is 10.3 Å². The van der Waals surface area contributed by atoms with Crippen molar-refractivity contribution in [2.45, 2.75) is 12.8 Å². The number of anilines is 1. The van der Waals surface area contributed by atoms with Gasteiger partial charge in [-0.15, -0.1) is 0 Å². The van der Waals surface area contributed by atoms with Gasteiger partial charge in [-0.2, -0.15) is 0 Å². The zero-order valence-corrected chi connectivity index (χ0v) is 12.7. The number of hydrogen-bond acceptors (Lipinski definition) is 2. The number of aromatic nitrogens is 2. The molecule has 1 N–H and O–H groups in total. The van der Waals surface area contributed by atoms with Crippen LogP contribution in [0.15, 0.2) is 61.2 Å². The van der Waals surface area contributed by atoms with Gasteiger partial charge in [-0.3, -0.25) is 4.79 Å². The van der Waals surface area contributed by atoms with E-state index in [1.54, 1.807) is 41.2 Å². The Morgan fingerprint density at radius 2 is 2.04 bits per heavy atom. The second-order valence-corrected chi connectivity index (χ2v) is 5.31. The number of amides is 1. The van der Waals surface area contributed by atoms with Gasteiger partial charge in [0.05, 0.1) is 12.0 Å². The molecule has 0 bridgehead atoms. The lowest BCUT2D eigenvalue weighted by Crippen LogP contribution is -2.12. The molecule has 0 fully saturated rings. The van der Waals surface area contributed by atoms with Crippen molar-refractivity contribution in [3.63, 3.8) is 0 Å². The Labute approximate surface area is 137 Å². The summed E-state index contributed by atoms with van der Waals surface area (Å²) in [6.07, 6.45) is 5.29. The molecular formula is C18H15F2N3O. The molecule has 122 valence electrons. The molecule has 4 nitrogen and oxygen atoms in total. The summed E-state index contributed by atoms with van der Waals surface area (Å²) in [7, 11) is 0. The third-order valence-corrected chi connectivity index (χ3v) is 3.54. The SMILES string of the molecule is O=C(CCc1cccc(F)c1)Nc1ccc(-n2ccnc2)c(F)c1. The van der Waals surface area contributed by atoms with Crippen LogP contribution in [0.1, 0.15) is 12.0 Å². The van der Waals surface area contributed by atoms with Gasteiger partial charge in [0.15, 0.2) is 0 Å². The minimum Gasteiger partial charge on any atom is -0.326 e. The molecule has 6 heteroatoms. The fourth-order valence-corrected chi connectivity index (χ4v) is 2.37. The van der Waals surface area contributed by atoms with Crippen LogP contribution in [-0.2, 0) is 11.2 Å². The number of halogens is 2. The van der Waals surface area contributed by atoms with Gasteiger partial charge in [-0.1, -0.05) is 12.1 Å². The molecule has 1 amide bonds. The zero-order valence-electron chi connectivity index (χ0n) is 12.7. The van der Waals surface area contributed by atoms with E-state index in [0.29, 0.717) is 17.8 Å². The number of hydrogen-bond donors (Lipinski definition) is 1. The summed E-state index contributed by atoms with van der Waals surface area (Å²) in [5.74, 6) is -1.05. The van der Waals surface area contributed by atoms with Crippen molar-refractivity contribution in [3.8, 4) is 5.69 Å². The predicted molar refractivity (Wildman–Crippen MR) is 86.9 cm³/mol. The van der Waals surface area contributed by atoms with E-state index >= 15 is 0 Å². The first-order chi connectivity index (χ1) is 11.6. The summed E-state index contributed by atoms with van der Waals surface area (Å²) in [6, 6.07) is 10.6. The van der Waals surface area contributed by atoms with Gasteiger partial charge >= 0.3 is 0 Å². The molecule has 0 saturated heterocycles. The standard InChI is InChI=1S/C18H15F2N3O/c19-14-3-1-2-13(10-14)4-7-18(24)22-15-5-6-17(16(20)11-15)23-9-8-21-12-23/h1-3,5-6,8-12H,4,7H2,(H,22,24). The van der Waals surface area contributed by atoms with Crippen LogP contribution in [0.5, 0.6) is 0 Å². The lowest BCUT2D eigenvalue weighted by atomic mass is 10.1. The van der Waals surface area contributed by atoms with E-state index in [1.165, 1.54) is 24.5 Å². The Morgan fingerprint density at radius 3 is 2.75 bits per heavy atom.